The minimum absolute atomic E-state index is 0.00640. The second kappa shape index (κ2) is 8.16. The van der Waals surface area contributed by atoms with Gasteiger partial charge in [-0.05, 0) is 31.4 Å². The van der Waals surface area contributed by atoms with E-state index in [0.29, 0.717) is 27.7 Å². The van der Waals surface area contributed by atoms with E-state index >= 15 is 0 Å². The van der Waals surface area contributed by atoms with Crippen molar-refractivity contribution in [2.24, 2.45) is 5.92 Å². The SMILES string of the molecule is CC(C)CCC[C@H](C)n1c(SCC#N)nc2ccccc2c1=O. The molecule has 0 unspecified atom stereocenters. The molecule has 0 saturated heterocycles. The summed E-state index contributed by atoms with van der Waals surface area (Å²) in [7, 11) is 0. The zero-order valence-electron chi connectivity index (χ0n) is 14.0. The van der Waals surface area contributed by atoms with Gasteiger partial charge in [0.2, 0.25) is 0 Å². The third-order valence-electron chi connectivity index (χ3n) is 3.89. The van der Waals surface area contributed by atoms with Crippen molar-refractivity contribution < 1.29 is 0 Å². The van der Waals surface area contributed by atoms with Crippen LogP contribution < -0.4 is 5.56 Å². The highest BCUT2D eigenvalue weighted by Crippen LogP contribution is 2.23. The average Bonchev–Trinajstić information content (AvgIpc) is 2.52. The highest BCUT2D eigenvalue weighted by molar-refractivity contribution is 7.99. The smallest absolute Gasteiger partial charge is 0.262 e. The summed E-state index contributed by atoms with van der Waals surface area (Å²) in [6.07, 6.45) is 3.18. The van der Waals surface area contributed by atoms with Crippen molar-refractivity contribution in [2.75, 3.05) is 5.75 Å². The van der Waals surface area contributed by atoms with Gasteiger partial charge in [-0.25, -0.2) is 4.98 Å². The van der Waals surface area contributed by atoms with Gasteiger partial charge in [-0.2, -0.15) is 5.26 Å². The van der Waals surface area contributed by atoms with Crippen molar-refractivity contribution >= 4 is 22.7 Å². The van der Waals surface area contributed by atoms with Gasteiger partial charge in [-0.15, -0.1) is 0 Å². The molecule has 23 heavy (non-hydrogen) atoms. The molecule has 0 fully saturated rings. The van der Waals surface area contributed by atoms with Gasteiger partial charge in [0.15, 0.2) is 5.16 Å². The normalized spacial score (nSPS) is 12.5. The van der Waals surface area contributed by atoms with Gasteiger partial charge in [-0.3, -0.25) is 9.36 Å². The third kappa shape index (κ3) is 4.35. The van der Waals surface area contributed by atoms with Crippen LogP contribution in [0, 0.1) is 17.2 Å². The van der Waals surface area contributed by atoms with E-state index in [9.17, 15) is 4.79 Å². The van der Waals surface area contributed by atoms with Crippen LogP contribution in [0.1, 0.15) is 46.1 Å². The number of hydrogen-bond donors (Lipinski definition) is 0. The van der Waals surface area contributed by atoms with Gasteiger partial charge in [-0.1, -0.05) is 50.6 Å². The predicted octanol–water partition coefficient (Wildman–Crippen LogP) is 4.40. The molecule has 4 nitrogen and oxygen atoms in total. The van der Waals surface area contributed by atoms with E-state index in [2.05, 4.69) is 31.8 Å². The fourth-order valence-electron chi connectivity index (χ4n) is 2.66. The van der Waals surface area contributed by atoms with Crippen molar-refractivity contribution in [1.82, 2.24) is 9.55 Å². The van der Waals surface area contributed by atoms with Gasteiger partial charge >= 0.3 is 0 Å². The molecule has 5 heteroatoms. The lowest BCUT2D eigenvalue weighted by molar-refractivity contribution is 0.414. The Hall–Kier alpha value is -1.80. The van der Waals surface area contributed by atoms with Crippen LogP contribution in [0.2, 0.25) is 0 Å². The van der Waals surface area contributed by atoms with E-state index < -0.39 is 0 Å². The van der Waals surface area contributed by atoms with E-state index in [1.807, 2.05) is 24.3 Å². The van der Waals surface area contributed by atoms with Crippen LogP contribution >= 0.6 is 11.8 Å². The summed E-state index contributed by atoms with van der Waals surface area (Å²) in [5.41, 5.74) is 0.691. The second-order valence-electron chi connectivity index (χ2n) is 6.21. The fourth-order valence-corrected chi connectivity index (χ4v) is 3.42. The summed E-state index contributed by atoms with van der Waals surface area (Å²) in [4.78, 5) is 17.5. The molecule has 0 spiro atoms. The van der Waals surface area contributed by atoms with Crippen molar-refractivity contribution in [1.29, 1.82) is 5.26 Å². The summed E-state index contributed by atoms with van der Waals surface area (Å²) < 4.78 is 1.77. The van der Waals surface area contributed by atoms with E-state index in [1.54, 1.807) is 4.57 Å². The van der Waals surface area contributed by atoms with Crippen LogP contribution in [0.5, 0.6) is 0 Å². The molecule has 1 aromatic heterocycles. The first kappa shape index (κ1) is 17.6. The number of benzene rings is 1. The van der Waals surface area contributed by atoms with Crippen LogP contribution in [0.25, 0.3) is 10.9 Å². The summed E-state index contributed by atoms with van der Waals surface area (Å²) in [6, 6.07) is 9.61. The van der Waals surface area contributed by atoms with Gasteiger partial charge in [0, 0.05) is 6.04 Å². The fraction of sp³-hybridized carbons (Fsp3) is 0.500. The third-order valence-corrected chi connectivity index (χ3v) is 4.71. The van der Waals surface area contributed by atoms with Crippen LogP contribution in [-0.2, 0) is 0 Å². The molecular weight excluding hydrogens is 306 g/mol. The molecule has 1 heterocycles. The monoisotopic (exact) mass is 329 g/mol. The molecule has 0 amide bonds. The van der Waals surface area contributed by atoms with Crippen LogP contribution in [0.4, 0.5) is 0 Å². The Morgan fingerprint density at radius 3 is 2.70 bits per heavy atom. The number of rotatable bonds is 7. The topological polar surface area (TPSA) is 58.7 Å². The first-order valence-electron chi connectivity index (χ1n) is 8.05. The molecule has 0 saturated carbocycles. The molecule has 0 aliphatic carbocycles. The predicted molar refractivity (Wildman–Crippen MR) is 95.7 cm³/mol. The van der Waals surface area contributed by atoms with Gasteiger partial charge in [0.25, 0.3) is 5.56 Å². The Labute approximate surface area is 141 Å². The Morgan fingerprint density at radius 1 is 1.26 bits per heavy atom. The van der Waals surface area contributed by atoms with Crippen molar-refractivity contribution in [3.05, 3.63) is 34.6 Å². The lowest BCUT2D eigenvalue weighted by Gasteiger charge is -2.19. The standard InChI is InChI=1S/C18H23N3OS/c1-13(2)7-6-8-14(3)21-17(22)15-9-4-5-10-16(15)20-18(21)23-12-11-19/h4-5,9-10,13-14H,6-8,12H2,1-3H3/t14-/m0/s1. The molecule has 0 aliphatic rings. The molecule has 0 N–H and O–H groups in total. The van der Waals surface area contributed by atoms with E-state index in [-0.39, 0.29) is 11.6 Å². The van der Waals surface area contributed by atoms with Crippen molar-refractivity contribution in [3.63, 3.8) is 0 Å². The minimum atomic E-state index is -0.00640. The Balaban J connectivity index is 2.40. The highest BCUT2D eigenvalue weighted by atomic mass is 32.2. The second-order valence-corrected chi connectivity index (χ2v) is 7.15. The average molecular weight is 329 g/mol. The highest BCUT2D eigenvalue weighted by Gasteiger charge is 2.16. The number of thioether (sulfide) groups is 1. The Bertz CT molecular complexity index is 761. The van der Waals surface area contributed by atoms with E-state index in [4.69, 9.17) is 5.26 Å². The molecule has 1 aromatic carbocycles. The molecule has 122 valence electrons. The molecule has 0 aliphatic heterocycles. The first-order valence-corrected chi connectivity index (χ1v) is 9.04. The quantitative estimate of drug-likeness (QED) is 0.558. The largest absolute Gasteiger partial charge is 0.284 e. The zero-order chi connectivity index (χ0) is 16.8. The molecule has 2 aromatic rings. The molecule has 0 bridgehead atoms. The summed E-state index contributed by atoms with van der Waals surface area (Å²) >= 11 is 1.33. The number of fused-ring (bicyclic) bond motifs is 1. The van der Waals surface area contributed by atoms with Crippen molar-refractivity contribution in [3.8, 4) is 6.07 Å². The molecule has 1 atom stereocenters. The van der Waals surface area contributed by atoms with E-state index in [0.717, 1.165) is 19.3 Å². The lowest BCUT2D eigenvalue weighted by Crippen LogP contribution is -2.26. The number of nitrogens with zero attached hydrogens (tertiary/aromatic N) is 3. The lowest BCUT2D eigenvalue weighted by atomic mass is 10.0. The van der Waals surface area contributed by atoms with Crippen molar-refractivity contribution in [2.45, 2.75) is 51.2 Å². The maximum Gasteiger partial charge on any atom is 0.262 e. The van der Waals surface area contributed by atoms with E-state index in [1.165, 1.54) is 11.8 Å². The maximum atomic E-state index is 12.9. The minimum Gasteiger partial charge on any atom is -0.284 e. The zero-order valence-corrected chi connectivity index (χ0v) is 14.8. The van der Waals surface area contributed by atoms with Gasteiger partial charge < -0.3 is 0 Å². The van der Waals surface area contributed by atoms with Crippen LogP contribution in [0.15, 0.2) is 34.2 Å². The summed E-state index contributed by atoms with van der Waals surface area (Å²) in [5, 5.41) is 10.1. The Kier molecular flexibility index (Phi) is 6.23. The molecule has 2 rings (SSSR count). The number of para-hydroxylation sites is 1. The maximum absolute atomic E-state index is 12.9. The first-order chi connectivity index (χ1) is 11.0. The van der Waals surface area contributed by atoms with Gasteiger partial charge in [0.1, 0.15) is 0 Å². The summed E-state index contributed by atoms with van der Waals surface area (Å²) in [5.74, 6) is 0.963. The summed E-state index contributed by atoms with van der Waals surface area (Å²) in [6.45, 7) is 6.49. The number of hydrogen-bond acceptors (Lipinski definition) is 4. The molecular formula is C18H23N3OS. The number of aromatic nitrogens is 2. The Morgan fingerprint density at radius 2 is 2.00 bits per heavy atom. The number of nitriles is 1. The van der Waals surface area contributed by atoms with Crippen LogP contribution in [-0.4, -0.2) is 15.3 Å². The van der Waals surface area contributed by atoms with Crippen LogP contribution in [0.3, 0.4) is 0 Å². The molecule has 0 radical (unpaired) electrons. The van der Waals surface area contributed by atoms with Gasteiger partial charge in [0.05, 0.1) is 22.7 Å².